The van der Waals surface area contributed by atoms with Crippen molar-refractivity contribution in [1.29, 1.82) is 5.26 Å². The van der Waals surface area contributed by atoms with E-state index in [0.29, 0.717) is 101 Å². The number of alkyl halides is 2. The summed E-state index contributed by atoms with van der Waals surface area (Å²) < 4.78 is 35.0. The molecule has 7 rings (SSSR count). The van der Waals surface area contributed by atoms with Crippen LogP contribution < -0.4 is 20.7 Å². The summed E-state index contributed by atoms with van der Waals surface area (Å²) in [6, 6.07) is 14.6. The lowest BCUT2D eigenvalue weighted by Crippen LogP contribution is -2.52. The van der Waals surface area contributed by atoms with Crippen LogP contribution in [0.4, 0.5) is 8.78 Å². The third kappa shape index (κ3) is 24.5. The third-order valence-corrected chi connectivity index (χ3v) is 18.9. The number of thioether (sulfide) groups is 1. The van der Waals surface area contributed by atoms with Crippen molar-refractivity contribution < 1.29 is 76.8 Å². The Balaban J connectivity index is 0.866. The number of carboxylic acids is 3. The van der Waals surface area contributed by atoms with Crippen LogP contribution in [0, 0.1) is 14.9 Å². The molecule has 6 N–H and O–H groups in total. The highest BCUT2D eigenvalue weighted by Crippen LogP contribution is 2.32. The summed E-state index contributed by atoms with van der Waals surface area (Å²) in [5.41, 5.74) is 1.83. The van der Waals surface area contributed by atoms with Gasteiger partial charge in [0.2, 0.25) is 35.4 Å². The van der Waals surface area contributed by atoms with Gasteiger partial charge in [0.15, 0.2) is 0 Å². The highest BCUT2D eigenvalue weighted by molar-refractivity contribution is 14.1. The van der Waals surface area contributed by atoms with Gasteiger partial charge < -0.3 is 45.8 Å². The molecular formula is C63H84F2IN13O14S. The Bertz CT molecular complexity index is 3150. The number of likely N-dealkylation sites (tertiary alicyclic amines) is 2. The van der Waals surface area contributed by atoms with Crippen LogP contribution in [0.25, 0.3) is 10.9 Å². The van der Waals surface area contributed by atoms with Gasteiger partial charge >= 0.3 is 17.9 Å². The highest BCUT2D eigenvalue weighted by atomic mass is 127. The van der Waals surface area contributed by atoms with Gasteiger partial charge in [-0.25, -0.2) is 8.78 Å². The zero-order valence-electron chi connectivity index (χ0n) is 52.6. The van der Waals surface area contributed by atoms with Crippen LogP contribution in [-0.4, -0.2) is 292 Å². The average molecular weight is 1440 g/mol. The van der Waals surface area contributed by atoms with Crippen LogP contribution in [0.5, 0.6) is 5.75 Å². The minimum atomic E-state index is -3.19. The summed E-state index contributed by atoms with van der Waals surface area (Å²) in [6.07, 6.45) is 5.42. The van der Waals surface area contributed by atoms with Crippen LogP contribution in [0.1, 0.15) is 73.7 Å². The Morgan fingerprint density at radius 1 is 0.723 bits per heavy atom. The number of nitrogens with one attached hydrogen (secondary N) is 3. The van der Waals surface area contributed by atoms with E-state index in [-0.39, 0.29) is 114 Å². The van der Waals surface area contributed by atoms with E-state index in [0.717, 1.165) is 31.8 Å². The van der Waals surface area contributed by atoms with Gasteiger partial charge in [-0.05, 0) is 116 Å². The molecule has 2 unspecified atom stereocenters. The first-order valence-corrected chi connectivity index (χ1v) is 33.8. The van der Waals surface area contributed by atoms with Crippen molar-refractivity contribution in [2.45, 2.75) is 87.5 Å². The van der Waals surface area contributed by atoms with E-state index in [2.05, 4.69) is 48.4 Å². The highest BCUT2D eigenvalue weighted by Gasteiger charge is 2.47. The number of benzene rings is 2. The summed E-state index contributed by atoms with van der Waals surface area (Å²) in [7, 11) is 0. The molecule has 4 fully saturated rings. The molecular weight excluding hydrogens is 1360 g/mol. The van der Waals surface area contributed by atoms with Gasteiger partial charge in [-0.1, -0.05) is 12.1 Å². The number of carboxylic acid groups (broad SMARTS) is 3. The summed E-state index contributed by atoms with van der Waals surface area (Å²) >= 11 is 3.46. The van der Waals surface area contributed by atoms with Crippen molar-refractivity contribution in [1.82, 2.24) is 60.1 Å². The Hall–Kier alpha value is -7.22. The quantitative estimate of drug-likeness (QED) is 0.0295. The van der Waals surface area contributed by atoms with Gasteiger partial charge in [-0.3, -0.25) is 82.3 Å². The number of rotatable bonds is 32. The second kappa shape index (κ2) is 37.2. The van der Waals surface area contributed by atoms with Crippen LogP contribution >= 0.6 is 34.4 Å². The Morgan fingerprint density at radius 2 is 1.34 bits per heavy atom. The predicted octanol–water partition coefficient (Wildman–Crippen LogP) is 1.76. The first-order chi connectivity index (χ1) is 45.0. The zero-order valence-corrected chi connectivity index (χ0v) is 55.6. The van der Waals surface area contributed by atoms with Crippen LogP contribution in [0.3, 0.4) is 0 Å². The number of aromatic nitrogens is 1. The lowest BCUT2D eigenvalue weighted by atomic mass is 10.1. The van der Waals surface area contributed by atoms with Gasteiger partial charge in [-0.2, -0.15) is 5.26 Å². The zero-order chi connectivity index (χ0) is 67.7. The maximum Gasteiger partial charge on any atom is 0.317 e. The summed E-state index contributed by atoms with van der Waals surface area (Å²) in [5.74, 6) is -8.91. The molecule has 0 radical (unpaired) electrons. The van der Waals surface area contributed by atoms with Crippen LogP contribution in [0.2, 0.25) is 0 Å². The number of imide groups is 1. The average Bonchev–Trinajstić information content (AvgIpc) is 1.34. The smallest absolute Gasteiger partial charge is 0.317 e. The molecule has 3 atom stereocenters. The maximum absolute atomic E-state index is 14.1. The van der Waals surface area contributed by atoms with E-state index < -0.39 is 90.8 Å². The fraction of sp³-hybridized carbons (Fsp3) is 0.587. The van der Waals surface area contributed by atoms with Crippen molar-refractivity contribution in [3.8, 4) is 11.8 Å². The Kier molecular flexibility index (Phi) is 29.3. The van der Waals surface area contributed by atoms with Crippen LogP contribution in [0.15, 0.2) is 54.7 Å². The lowest BCUT2D eigenvalue weighted by Gasteiger charge is -2.35. The monoisotopic (exact) mass is 1440 g/mol. The maximum atomic E-state index is 14.1. The normalized spacial score (nSPS) is 19.2. The summed E-state index contributed by atoms with van der Waals surface area (Å²) in [5, 5.41) is 46.4. The molecule has 1 aromatic heterocycles. The van der Waals surface area contributed by atoms with Gasteiger partial charge in [0.25, 0.3) is 11.8 Å². The molecule has 4 aliphatic heterocycles. The van der Waals surface area contributed by atoms with Gasteiger partial charge in [0.05, 0.1) is 68.3 Å². The molecule has 4 aliphatic rings. The summed E-state index contributed by atoms with van der Waals surface area (Å²) in [6.45, 7) is 2.15. The third-order valence-electron chi connectivity index (χ3n) is 16.8. The molecule has 0 bridgehead atoms. The number of ether oxygens (including phenoxy) is 1. The Labute approximate surface area is 562 Å². The van der Waals surface area contributed by atoms with Gasteiger partial charge in [0.1, 0.15) is 18.3 Å². The molecule has 5 heterocycles. The molecule has 31 heteroatoms. The lowest BCUT2D eigenvalue weighted by molar-refractivity contribution is -0.146. The number of aliphatic carboxylic acids is 3. The number of amides is 7. The topological polar surface area (TPSA) is 339 Å². The van der Waals surface area contributed by atoms with Crippen molar-refractivity contribution in [3.05, 3.63) is 69.4 Å². The number of nitriles is 1. The number of halogens is 3. The van der Waals surface area contributed by atoms with E-state index in [1.165, 1.54) is 24.0 Å². The van der Waals surface area contributed by atoms with E-state index in [9.17, 15) is 77.3 Å². The molecule has 94 heavy (non-hydrogen) atoms. The number of fused-ring (bicyclic) bond motifs is 1. The van der Waals surface area contributed by atoms with E-state index in [4.69, 9.17) is 4.74 Å². The molecule has 2 aromatic carbocycles. The number of aryl methyl sites for hydroxylation is 1. The van der Waals surface area contributed by atoms with Gasteiger partial charge in [0, 0.05) is 131 Å². The summed E-state index contributed by atoms with van der Waals surface area (Å²) in [4.78, 5) is 146. The molecule has 4 saturated heterocycles. The van der Waals surface area contributed by atoms with E-state index in [1.807, 2.05) is 29.2 Å². The molecule has 7 amide bonds. The largest absolute Gasteiger partial charge is 0.494 e. The number of nitrogens with zero attached hydrogens (tertiary/aromatic N) is 10. The second-order valence-corrected chi connectivity index (χ2v) is 26.4. The number of hydrogen-bond acceptors (Lipinski definition) is 19. The molecule has 0 saturated carbocycles. The number of pyridine rings is 1. The molecule has 27 nitrogen and oxygen atoms in total. The number of carbonyl (C=O) groups excluding carboxylic acids is 7. The van der Waals surface area contributed by atoms with Crippen molar-refractivity contribution in [3.63, 3.8) is 0 Å². The SMILES string of the molecule is N#C[C@H]1CC(F)(F)CN1C(=O)CNC(=O)c1ccnc2ccc(OCCCCN3CCN(C(=O)CN4C(=O)CC(SCC(CCCCNC(=O)CCCc5ccc(I)cc5)NC(=O)CN5CCN(CC(=O)O)CCN(CC(=O)O)CCN(CC(=O)O)CC5)C4=O)CC3)cc12. The molecule has 0 spiro atoms. The predicted molar refractivity (Wildman–Crippen MR) is 350 cm³/mol. The number of unbranched alkanes of at least 4 members (excludes halogenated alkanes) is 2. The minimum Gasteiger partial charge on any atom is -0.494 e. The van der Waals surface area contributed by atoms with Crippen molar-refractivity contribution in [2.24, 2.45) is 0 Å². The fourth-order valence-corrected chi connectivity index (χ4v) is 13.2. The molecule has 512 valence electrons. The minimum absolute atomic E-state index is 0.0698. The van der Waals surface area contributed by atoms with Crippen molar-refractivity contribution >= 4 is 105 Å². The van der Waals surface area contributed by atoms with E-state index >= 15 is 0 Å². The van der Waals surface area contributed by atoms with Crippen LogP contribution in [-0.2, 0) is 49.6 Å². The van der Waals surface area contributed by atoms with Gasteiger partial charge in [-0.15, -0.1) is 11.8 Å². The number of piperazine rings is 1. The first kappa shape index (κ1) is 74.2. The van der Waals surface area contributed by atoms with E-state index in [1.54, 1.807) is 43.9 Å². The number of carbonyl (C=O) groups is 10. The molecule has 3 aromatic rings. The standard InChI is InChI=1S/C63H84F2IN13O14S/c64-63(65)34-47(35-67)79(43-63)56(83)36-70-61(91)49-15-17-68-51-14-13-48(32-50(49)51)93-31-4-3-18-72-27-29-77(30-28-72)57(84)38-78-55(82)33-52(62(78)92)94-42-46(7-1-2-16-69-53(80)8-5-6-44-9-11-45(66)12-10-44)71-54(81)37-73-19-21-74(39-58(85)86)23-25-76(41-60(89)90)26-24-75(22-20-73)40-59(87)88/h9-15,17,32,46-47,52H,1-8,16,18-31,33-34,36-43H2,(H,69,80)(H,70,91)(H,71,81)(H,85,86)(H,87,88)(H,89,90)/t46?,47-,52?/m1/s1. The number of hydrogen-bond donors (Lipinski definition) is 6. The first-order valence-electron chi connectivity index (χ1n) is 31.7. The second-order valence-electron chi connectivity index (χ2n) is 23.9. The Morgan fingerprint density at radius 3 is 1.96 bits per heavy atom. The molecule has 0 aliphatic carbocycles. The van der Waals surface area contributed by atoms with Crippen molar-refractivity contribution in [2.75, 3.05) is 150 Å². The fourth-order valence-electron chi connectivity index (χ4n) is 11.6.